The van der Waals surface area contributed by atoms with E-state index in [-0.39, 0.29) is 18.4 Å². The first kappa shape index (κ1) is 16.7. The number of hydrogen-bond donors (Lipinski definition) is 0. The summed E-state index contributed by atoms with van der Waals surface area (Å²) in [5.41, 5.74) is 0. The molecule has 0 saturated carbocycles. The van der Waals surface area contributed by atoms with Crippen LogP contribution < -0.4 is 10.2 Å². The van der Waals surface area contributed by atoms with E-state index < -0.39 is 5.94 Å². The average Bonchev–Trinajstić information content (AvgIpc) is 2.61. The van der Waals surface area contributed by atoms with Crippen molar-refractivity contribution in [1.29, 1.82) is 0 Å². The molecular formula is C10H20O2SiTi. The SMILES string of the molecule is C[O-].C[O-].C[Si](C)(C)[Ti+2][C]1=CC=CC1. The first-order chi connectivity index (χ1) is 6.58. The van der Waals surface area contributed by atoms with Crippen LogP contribution in [0, 0.1) is 0 Å². The van der Waals surface area contributed by atoms with Crippen LogP contribution in [0.5, 0.6) is 0 Å². The molecule has 0 bridgehead atoms. The second kappa shape index (κ2) is 9.87. The molecule has 0 aliphatic heterocycles. The summed E-state index contributed by atoms with van der Waals surface area (Å²) in [6.07, 6.45) is 8.08. The summed E-state index contributed by atoms with van der Waals surface area (Å²) in [6, 6.07) is 0. The zero-order valence-corrected chi connectivity index (χ0v) is 12.3. The molecule has 0 radical (unpaired) electrons. The zero-order chi connectivity index (χ0) is 11.6. The van der Waals surface area contributed by atoms with Gasteiger partial charge in [-0.05, 0) is 0 Å². The van der Waals surface area contributed by atoms with Gasteiger partial charge in [0.25, 0.3) is 0 Å². The standard InChI is InChI=1S/C5H5.C3H9Si.2CH3O.Ti/c1-2-4-5-3-1;1-4(2)3;2*1-2;/h1-3H,4H2;1-3H3;2*1H3;/q;;2*-1;+2. The van der Waals surface area contributed by atoms with Crippen LogP contribution in [-0.4, -0.2) is 20.2 Å². The second-order valence-corrected chi connectivity index (χ2v) is 17.7. The Morgan fingerprint density at radius 2 is 1.64 bits per heavy atom. The van der Waals surface area contributed by atoms with Gasteiger partial charge >= 0.3 is 72.5 Å². The van der Waals surface area contributed by atoms with Crippen molar-refractivity contribution in [3.05, 3.63) is 22.1 Å². The van der Waals surface area contributed by atoms with E-state index in [4.69, 9.17) is 10.2 Å². The molecule has 0 spiro atoms. The Kier molecular flexibility index (Phi) is 11.8. The minimum atomic E-state index is -0.706. The average molecular weight is 248 g/mol. The van der Waals surface area contributed by atoms with Crippen molar-refractivity contribution in [3.8, 4) is 0 Å². The Labute approximate surface area is 96.9 Å². The molecule has 0 aromatic heterocycles. The molecule has 80 valence electrons. The molecule has 0 unspecified atom stereocenters. The molecular weight excluding hydrogens is 228 g/mol. The molecule has 0 saturated heterocycles. The van der Waals surface area contributed by atoms with E-state index in [1.54, 1.807) is 3.88 Å². The summed E-state index contributed by atoms with van der Waals surface area (Å²) in [7, 11) is 1.50. The molecule has 0 fully saturated rings. The van der Waals surface area contributed by atoms with Crippen LogP contribution in [0.3, 0.4) is 0 Å². The Hall–Kier alpha value is 0.331. The van der Waals surface area contributed by atoms with Gasteiger partial charge < -0.3 is 10.2 Å². The van der Waals surface area contributed by atoms with E-state index >= 15 is 0 Å². The Balaban J connectivity index is 0. The first-order valence-electron chi connectivity index (χ1n) is 4.53. The van der Waals surface area contributed by atoms with Gasteiger partial charge in [0.15, 0.2) is 0 Å². The normalized spacial score (nSPS) is 12.9. The third-order valence-electron chi connectivity index (χ3n) is 1.31. The monoisotopic (exact) mass is 248 g/mol. The molecule has 0 aromatic rings. The summed E-state index contributed by atoms with van der Waals surface area (Å²) in [5, 5.41) is 16.5. The number of hydrogen-bond acceptors (Lipinski definition) is 2. The van der Waals surface area contributed by atoms with Gasteiger partial charge in [-0.3, -0.25) is 0 Å². The molecule has 0 N–H and O–H groups in total. The van der Waals surface area contributed by atoms with Crippen molar-refractivity contribution in [1.82, 2.24) is 0 Å². The maximum absolute atomic E-state index is 8.25. The summed E-state index contributed by atoms with van der Waals surface area (Å²) < 4.78 is 1.76. The Morgan fingerprint density at radius 1 is 1.14 bits per heavy atom. The van der Waals surface area contributed by atoms with E-state index in [1.807, 2.05) is 0 Å². The third-order valence-corrected chi connectivity index (χ3v) is 7.97. The molecule has 1 rings (SSSR count). The summed E-state index contributed by atoms with van der Waals surface area (Å²) in [5.74, 6) is -0.706. The van der Waals surface area contributed by atoms with Crippen molar-refractivity contribution in [2.24, 2.45) is 0 Å². The van der Waals surface area contributed by atoms with Crippen LogP contribution in [0.1, 0.15) is 6.42 Å². The predicted molar refractivity (Wildman–Crippen MR) is 57.0 cm³/mol. The van der Waals surface area contributed by atoms with Crippen molar-refractivity contribution < 1.29 is 28.6 Å². The van der Waals surface area contributed by atoms with E-state index in [0.717, 1.165) is 14.2 Å². The molecule has 0 atom stereocenters. The van der Waals surface area contributed by atoms with Crippen molar-refractivity contribution in [2.75, 3.05) is 14.2 Å². The van der Waals surface area contributed by atoms with Crippen molar-refractivity contribution in [2.45, 2.75) is 26.1 Å². The second-order valence-electron chi connectivity index (χ2n) is 3.70. The summed E-state index contributed by atoms with van der Waals surface area (Å²) >= 11 is 0.285. The van der Waals surface area contributed by atoms with E-state index in [2.05, 4.69) is 37.9 Å². The van der Waals surface area contributed by atoms with Crippen LogP contribution in [0.2, 0.25) is 19.6 Å². The molecule has 0 heterocycles. The van der Waals surface area contributed by atoms with Gasteiger partial charge in [-0.25, -0.2) is 0 Å². The summed E-state index contributed by atoms with van der Waals surface area (Å²) in [6.45, 7) is 7.44. The molecule has 14 heavy (non-hydrogen) atoms. The zero-order valence-electron chi connectivity index (χ0n) is 9.76. The van der Waals surface area contributed by atoms with Gasteiger partial charge in [0.2, 0.25) is 0 Å². The molecule has 0 amide bonds. The molecule has 1 aliphatic carbocycles. The van der Waals surface area contributed by atoms with E-state index in [1.165, 1.54) is 6.42 Å². The predicted octanol–water partition coefficient (Wildman–Crippen LogP) is 0.701. The topological polar surface area (TPSA) is 46.1 Å². The van der Waals surface area contributed by atoms with Gasteiger partial charge in [0, 0.05) is 0 Å². The first-order valence-corrected chi connectivity index (χ1v) is 11.2. The van der Waals surface area contributed by atoms with Crippen LogP contribution >= 0.6 is 0 Å². The summed E-state index contributed by atoms with van der Waals surface area (Å²) in [4.78, 5) is 0. The quantitative estimate of drug-likeness (QED) is 0.675. The van der Waals surface area contributed by atoms with Crippen LogP contribution in [0.15, 0.2) is 22.1 Å². The van der Waals surface area contributed by atoms with Gasteiger partial charge in [-0.15, -0.1) is 0 Å². The fraction of sp³-hybridized carbons (Fsp3) is 0.600. The molecule has 1 aliphatic rings. The molecule has 2 nitrogen and oxygen atoms in total. The minimum absolute atomic E-state index is 0.285. The third kappa shape index (κ3) is 10.4. The van der Waals surface area contributed by atoms with Gasteiger partial charge in [0.05, 0.1) is 0 Å². The fourth-order valence-electron chi connectivity index (χ4n) is 1.02. The van der Waals surface area contributed by atoms with Crippen molar-refractivity contribution in [3.63, 3.8) is 0 Å². The van der Waals surface area contributed by atoms with Crippen molar-refractivity contribution >= 4 is 5.94 Å². The van der Waals surface area contributed by atoms with Crippen LogP contribution in [0.25, 0.3) is 0 Å². The van der Waals surface area contributed by atoms with Crippen LogP contribution in [-0.2, 0) is 18.4 Å². The molecule has 4 heteroatoms. The van der Waals surface area contributed by atoms with E-state index in [0.29, 0.717) is 0 Å². The fourth-order valence-corrected chi connectivity index (χ4v) is 7.89. The van der Waals surface area contributed by atoms with Gasteiger partial charge in [-0.2, -0.15) is 14.2 Å². The maximum atomic E-state index is 8.25. The number of allylic oxidation sites excluding steroid dienone is 4. The van der Waals surface area contributed by atoms with Gasteiger partial charge in [-0.1, -0.05) is 0 Å². The van der Waals surface area contributed by atoms with E-state index in [9.17, 15) is 0 Å². The Morgan fingerprint density at radius 3 is 1.93 bits per heavy atom. The number of rotatable bonds is 2. The Bertz CT molecular complexity index is 183. The van der Waals surface area contributed by atoms with Crippen LogP contribution in [0.4, 0.5) is 0 Å². The molecule has 0 aromatic carbocycles. The van der Waals surface area contributed by atoms with Gasteiger partial charge in [0.1, 0.15) is 0 Å².